The molecular formula is C25H23ClN4O2. The molecule has 0 bridgehead atoms. The Balaban J connectivity index is 1.74. The molecule has 0 fully saturated rings. The van der Waals surface area contributed by atoms with Crippen molar-refractivity contribution in [3.05, 3.63) is 98.4 Å². The van der Waals surface area contributed by atoms with Crippen LogP contribution in [0, 0.1) is 27.7 Å². The lowest BCUT2D eigenvalue weighted by Crippen LogP contribution is -2.24. The molecule has 4 aromatic rings. The minimum absolute atomic E-state index is 0.0497. The Labute approximate surface area is 191 Å². The van der Waals surface area contributed by atoms with Crippen molar-refractivity contribution in [1.82, 2.24) is 19.5 Å². The molecule has 4 rings (SSSR count). The summed E-state index contributed by atoms with van der Waals surface area (Å²) in [6, 6.07) is 13.8. The Morgan fingerprint density at radius 1 is 1.03 bits per heavy atom. The number of aryl methyl sites for hydroxylation is 4. The van der Waals surface area contributed by atoms with Crippen LogP contribution in [0.5, 0.6) is 5.88 Å². The molecule has 0 saturated carbocycles. The fraction of sp³-hybridized carbons (Fsp3) is 0.200. The molecule has 0 aliphatic rings. The molecular weight excluding hydrogens is 424 g/mol. The summed E-state index contributed by atoms with van der Waals surface area (Å²) in [5.41, 5.74) is 5.98. The van der Waals surface area contributed by atoms with Gasteiger partial charge in [0, 0.05) is 11.8 Å². The van der Waals surface area contributed by atoms with Gasteiger partial charge >= 0.3 is 0 Å². The molecule has 0 aliphatic carbocycles. The summed E-state index contributed by atoms with van der Waals surface area (Å²) in [5, 5.41) is -0.0497. The van der Waals surface area contributed by atoms with Crippen molar-refractivity contribution in [2.45, 2.75) is 34.3 Å². The molecule has 7 heteroatoms. The van der Waals surface area contributed by atoms with Crippen LogP contribution in [0.15, 0.2) is 59.8 Å². The largest absolute Gasteiger partial charge is 0.472 e. The van der Waals surface area contributed by atoms with E-state index in [2.05, 4.69) is 15.0 Å². The van der Waals surface area contributed by atoms with Crippen molar-refractivity contribution in [2.24, 2.45) is 0 Å². The molecule has 0 radical (unpaired) electrons. The highest BCUT2D eigenvalue weighted by atomic mass is 35.5. The van der Waals surface area contributed by atoms with Crippen molar-refractivity contribution >= 4 is 11.6 Å². The van der Waals surface area contributed by atoms with Gasteiger partial charge in [0.05, 0.1) is 11.4 Å². The Bertz CT molecular complexity index is 1360. The zero-order valence-electron chi connectivity index (χ0n) is 18.4. The summed E-state index contributed by atoms with van der Waals surface area (Å²) in [5.74, 6) is 0.616. The van der Waals surface area contributed by atoms with Crippen molar-refractivity contribution in [2.75, 3.05) is 0 Å². The number of aromatic nitrogens is 4. The first-order valence-electron chi connectivity index (χ1n) is 10.2. The smallest absolute Gasteiger partial charge is 0.280 e. The molecule has 2 heterocycles. The molecule has 0 spiro atoms. The van der Waals surface area contributed by atoms with Gasteiger partial charge in [-0.15, -0.1) is 0 Å². The third kappa shape index (κ3) is 4.27. The number of hydrogen-bond acceptors (Lipinski definition) is 5. The van der Waals surface area contributed by atoms with Crippen LogP contribution in [0.3, 0.4) is 0 Å². The lowest BCUT2D eigenvalue weighted by Gasteiger charge is -2.16. The van der Waals surface area contributed by atoms with Crippen LogP contribution in [0.25, 0.3) is 16.9 Å². The van der Waals surface area contributed by atoms with Gasteiger partial charge in [-0.25, -0.2) is 9.97 Å². The number of ether oxygens (including phenoxy) is 1. The van der Waals surface area contributed by atoms with Crippen LogP contribution in [0.2, 0.25) is 5.02 Å². The van der Waals surface area contributed by atoms with E-state index in [-0.39, 0.29) is 23.1 Å². The second-order valence-corrected chi connectivity index (χ2v) is 8.13. The van der Waals surface area contributed by atoms with Gasteiger partial charge in [0.2, 0.25) is 5.88 Å². The van der Waals surface area contributed by atoms with Gasteiger partial charge in [-0.3, -0.25) is 9.36 Å². The van der Waals surface area contributed by atoms with E-state index < -0.39 is 0 Å². The summed E-state index contributed by atoms with van der Waals surface area (Å²) < 4.78 is 7.31. The molecule has 0 aliphatic heterocycles. The van der Waals surface area contributed by atoms with E-state index in [1.807, 2.05) is 63.2 Å². The highest BCUT2D eigenvalue weighted by molar-refractivity contribution is 6.31. The molecule has 0 unspecified atom stereocenters. The van der Waals surface area contributed by atoms with Crippen molar-refractivity contribution in [1.29, 1.82) is 0 Å². The van der Waals surface area contributed by atoms with Gasteiger partial charge < -0.3 is 4.74 Å². The molecule has 2 aromatic carbocycles. The van der Waals surface area contributed by atoms with Crippen LogP contribution in [0.4, 0.5) is 0 Å². The second kappa shape index (κ2) is 8.93. The van der Waals surface area contributed by atoms with E-state index in [1.165, 1.54) is 10.9 Å². The number of hydrogen-bond donors (Lipinski definition) is 0. The van der Waals surface area contributed by atoms with E-state index in [1.54, 1.807) is 13.1 Å². The van der Waals surface area contributed by atoms with Crippen LogP contribution in [-0.2, 0) is 6.61 Å². The quantitative estimate of drug-likeness (QED) is 0.423. The maximum absolute atomic E-state index is 13.2. The zero-order valence-corrected chi connectivity index (χ0v) is 19.1. The summed E-state index contributed by atoms with van der Waals surface area (Å²) in [6.45, 7) is 7.94. The van der Waals surface area contributed by atoms with Crippen LogP contribution >= 0.6 is 11.6 Å². The molecule has 0 atom stereocenters. The van der Waals surface area contributed by atoms with Crippen LogP contribution < -0.4 is 10.3 Å². The number of benzene rings is 2. The second-order valence-electron chi connectivity index (χ2n) is 7.75. The Hall–Kier alpha value is -3.51. The number of nitrogens with zero attached hydrogens (tertiary/aromatic N) is 4. The molecule has 2 aromatic heterocycles. The molecule has 6 nitrogen and oxygen atoms in total. The average Bonchev–Trinajstić information content (AvgIpc) is 2.77. The van der Waals surface area contributed by atoms with Gasteiger partial charge in [0.1, 0.15) is 18.8 Å². The lowest BCUT2D eigenvalue weighted by atomic mass is 10.0. The lowest BCUT2D eigenvalue weighted by molar-refractivity contribution is 0.291. The third-order valence-electron chi connectivity index (χ3n) is 5.24. The maximum atomic E-state index is 13.2. The minimum Gasteiger partial charge on any atom is -0.472 e. The van der Waals surface area contributed by atoms with Gasteiger partial charge in [-0.05, 0) is 50.5 Å². The maximum Gasteiger partial charge on any atom is 0.280 e. The summed E-state index contributed by atoms with van der Waals surface area (Å²) in [6.07, 6.45) is 3.27. The van der Waals surface area contributed by atoms with E-state index in [0.717, 1.165) is 33.5 Å². The topological polar surface area (TPSA) is 69.9 Å². The summed E-state index contributed by atoms with van der Waals surface area (Å²) >= 11 is 6.41. The summed E-state index contributed by atoms with van der Waals surface area (Å²) in [7, 11) is 0. The Morgan fingerprint density at radius 2 is 1.84 bits per heavy atom. The van der Waals surface area contributed by atoms with E-state index in [0.29, 0.717) is 11.5 Å². The first kappa shape index (κ1) is 21.7. The third-order valence-corrected chi connectivity index (χ3v) is 5.57. The van der Waals surface area contributed by atoms with Crippen molar-refractivity contribution < 1.29 is 4.74 Å². The normalized spacial score (nSPS) is 10.9. The number of rotatable bonds is 5. The van der Waals surface area contributed by atoms with Gasteiger partial charge in [0.25, 0.3) is 5.56 Å². The highest BCUT2D eigenvalue weighted by Crippen LogP contribution is 2.27. The van der Waals surface area contributed by atoms with Crippen LogP contribution in [-0.4, -0.2) is 19.5 Å². The number of halogens is 1. The zero-order chi connectivity index (χ0) is 22.8. The van der Waals surface area contributed by atoms with Crippen LogP contribution in [0.1, 0.15) is 28.1 Å². The highest BCUT2D eigenvalue weighted by Gasteiger charge is 2.18. The first-order valence-corrected chi connectivity index (χ1v) is 10.6. The monoisotopic (exact) mass is 446 g/mol. The molecule has 162 valence electrons. The van der Waals surface area contributed by atoms with E-state index in [9.17, 15) is 4.79 Å². The predicted molar refractivity (Wildman–Crippen MR) is 126 cm³/mol. The first-order chi connectivity index (χ1) is 15.3. The summed E-state index contributed by atoms with van der Waals surface area (Å²) in [4.78, 5) is 26.2. The average molecular weight is 447 g/mol. The van der Waals surface area contributed by atoms with E-state index >= 15 is 0 Å². The molecule has 0 saturated heterocycles. The molecule has 32 heavy (non-hydrogen) atoms. The molecule has 0 N–H and O–H groups in total. The standard InChI is InChI=1S/C25H23ClN4O2/c1-15-6-5-7-19(10-15)13-32-24-22(26)25(31)30(18(4)29-24)21-11-20(9-8-16(21)2)23-17(3)12-27-14-28-23/h5-12,14H,13H2,1-4H3. The minimum atomic E-state index is -0.377. The van der Waals surface area contributed by atoms with Crippen molar-refractivity contribution in [3.8, 4) is 22.8 Å². The fourth-order valence-corrected chi connectivity index (χ4v) is 3.80. The Morgan fingerprint density at radius 3 is 2.59 bits per heavy atom. The Kier molecular flexibility index (Phi) is 6.06. The van der Waals surface area contributed by atoms with Gasteiger partial charge in [0.15, 0.2) is 5.02 Å². The molecule has 0 amide bonds. The van der Waals surface area contributed by atoms with Gasteiger partial charge in [-0.2, -0.15) is 4.98 Å². The SMILES string of the molecule is Cc1cccc(COc2nc(C)n(-c3cc(-c4ncncc4C)ccc3C)c(=O)c2Cl)c1. The predicted octanol–water partition coefficient (Wildman–Crippen LogP) is 5.16. The fourth-order valence-electron chi connectivity index (χ4n) is 3.61. The van der Waals surface area contributed by atoms with E-state index in [4.69, 9.17) is 16.3 Å². The van der Waals surface area contributed by atoms with Crippen molar-refractivity contribution in [3.63, 3.8) is 0 Å². The van der Waals surface area contributed by atoms with Gasteiger partial charge in [-0.1, -0.05) is 53.6 Å².